The Morgan fingerprint density at radius 2 is 1.91 bits per heavy atom. The number of nitro benzene ring substituents is 1. The Hall–Kier alpha value is -3.85. The van der Waals surface area contributed by atoms with Crippen LogP contribution in [0.2, 0.25) is 0 Å². The molecule has 0 amide bonds. The van der Waals surface area contributed by atoms with E-state index in [0.717, 1.165) is 5.52 Å². The molecule has 4 aromatic rings. The number of hydrogen-bond acceptors (Lipinski definition) is 5. The number of halogens is 2. The maximum Gasteiger partial charge on any atom is 0.269 e. The average Bonchev–Trinajstić information content (AvgIpc) is 3.42. The number of nitro groups is 1. The van der Waals surface area contributed by atoms with Gasteiger partial charge < -0.3 is 10.0 Å². The minimum absolute atomic E-state index is 0.0404. The van der Waals surface area contributed by atoms with Gasteiger partial charge in [0.15, 0.2) is 0 Å². The van der Waals surface area contributed by atoms with Crippen LogP contribution in [0.1, 0.15) is 18.1 Å². The van der Waals surface area contributed by atoms with Crippen LogP contribution >= 0.6 is 0 Å². The number of aliphatic hydroxyl groups is 1. The highest BCUT2D eigenvalue weighted by Gasteiger charge is 2.41. The molecule has 0 bridgehead atoms. The first-order valence-electron chi connectivity index (χ1n) is 10.4. The summed E-state index contributed by atoms with van der Waals surface area (Å²) in [6.45, 7) is 1.71. The van der Waals surface area contributed by atoms with E-state index < -0.39 is 16.8 Å². The van der Waals surface area contributed by atoms with Crippen molar-refractivity contribution in [1.82, 2.24) is 9.78 Å². The smallest absolute Gasteiger partial charge is 0.269 e. The fourth-order valence-electron chi connectivity index (χ4n) is 4.34. The van der Waals surface area contributed by atoms with Crippen LogP contribution in [0.25, 0.3) is 16.6 Å². The van der Waals surface area contributed by atoms with E-state index in [9.17, 15) is 19.6 Å². The van der Waals surface area contributed by atoms with Gasteiger partial charge in [-0.3, -0.25) is 10.1 Å². The summed E-state index contributed by atoms with van der Waals surface area (Å²) in [6, 6.07) is 15.3. The summed E-state index contributed by atoms with van der Waals surface area (Å²) in [5.41, 5.74) is 1.11. The van der Waals surface area contributed by atoms with Crippen molar-refractivity contribution in [1.29, 1.82) is 0 Å². The molecule has 3 aromatic carbocycles. The number of alkyl halides is 1. The Labute approximate surface area is 187 Å². The second kappa shape index (κ2) is 7.63. The average molecular weight is 450 g/mol. The molecule has 0 spiro atoms. The molecular weight excluding hydrogens is 430 g/mol. The zero-order chi connectivity index (χ0) is 23.3. The lowest BCUT2D eigenvalue weighted by Crippen LogP contribution is -2.46. The van der Waals surface area contributed by atoms with Gasteiger partial charge in [-0.05, 0) is 66.9 Å². The third-order valence-electron chi connectivity index (χ3n) is 6.17. The van der Waals surface area contributed by atoms with Crippen LogP contribution in [0, 0.1) is 15.9 Å². The van der Waals surface area contributed by atoms with Gasteiger partial charge in [0.1, 0.15) is 11.4 Å². The highest BCUT2D eigenvalue weighted by atomic mass is 19.1. The monoisotopic (exact) mass is 450 g/mol. The molecule has 1 aliphatic heterocycles. The Morgan fingerprint density at radius 1 is 1.15 bits per heavy atom. The van der Waals surface area contributed by atoms with E-state index in [-0.39, 0.29) is 11.5 Å². The Morgan fingerprint density at radius 3 is 2.64 bits per heavy atom. The lowest BCUT2D eigenvalue weighted by Gasteiger charge is -2.35. The predicted octanol–water partition coefficient (Wildman–Crippen LogP) is 4.64. The highest BCUT2D eigenvalue weighted by Crippen LogP contribution is 2.39. The first kappa shape index (κ1) is 21.0. The third kappa shape index (κ3) is 3.50. The van der Waals surface area contributed by atoms with Crippen molar-refractivity contribution in [2.24, 2.45) is 0 Å². The molecule has 9 heteroatoms. The van der Waals surface area contributed by atoms with Crippen molar-refractivity contribution in [2.45, 2.75) is 25.2 Å². The molecule has 33 heavy (non-hydrogen) atoms. The molecule has 0 saturated carbocycles. The van der Waals surface area contributed by atoms with Gasteiger partial charge in [0, 0.05) is 29.8 Å². The van der Waals surface area contributed by atoms with Crippen LogP contribution in [0.3, 0.4) is 0 Å². The molecule has 0 fully saturated rings. The van der Waals surface area contributed by atoms with E-state index in [1.165, 1.54) is 42.2 Å². The van der Waals surface area contributed by atoms with Gasteiger partial charge in [0.2, 0.25) is 6.30 Å². The van der Waals surface area contributed by atoms with Crippen molar-refractivity contribution in [3.63, 3.8) is 0 Å². The Kier molecular flexibility index (Phi) is 4.86. The van der Waals surface area contributed by atoms with Crippen LogP contribution in [0.5, 0.6) is 0 Å². The molecule has 2 heterocycles. The van der Waals surface area contributed by atoms with Gasteiger partial charge in [-0.25, -0.2) is 13.5 Å². The number of aromatic nitrogens is 2. The molecule has 0 saturated heterocycles. The van der Waals surface area contributed by atoms with E-state index in [2.05, 4.69) is 5.10 Å². The number of non-ortho nitro benzene ring substituents is 1. The zero-order valence-corrected chi connectivity index (χ0v) is 17.7. The van der Waals surface area contributed by atoms with Crippen molar-refractivity contribution in [3.8, 4) is 5.69 Å². The van der Waals surface area contributed by atoms with E-state index in [0.29, 0.717) is 40.9 Å². The summed E-state index contributed by atoms with van der Waals surface area (Å²) in [4.78, 5) is 12.0. The Balaban J connectivity index is 1.46. The largest absolute Gasteiger partial charge is 0.380 e. The summed E-state index contributed by atoms with van der Waals surface area (Å²) < 4.78 is 30.6. The summed E-state index contributed by atoms with van der Waals surface area (Å²) in [5.74, 6) is -0.347. The molecule has 1 aliphatic rings. The van der Waals surface area contributed by atoms with Crippen LogP contribution in [-0.4, -0.2) is 32.7 Å². The molecule has 2 atom stereocenters. The van der Waals surface area contributed by atoms with Crippen LogP contribution in [0.4, 0.5) is 20.2 Å². The molecule has 168 valence electrons. The lowest BCUT2D eigenvalue weighted by atomic mass is 9.93. The highest BCUT2D eigenvalue weighted by molar-refractivity contribution is 5.81. The summed E-state index contributed by atoms with van der Waals surface area (Å²) >= 11 is 0. The fourth-order valence-corrected chi connectivity index (χ4v) is 4.34. The minimum Gasteiger partial charge on any atom is -0.380 e. The SMILES string of the molecule is CC(O)(c1ccc2c(cnn2-c2ccc(F)cc2)c1)C(F)N1CCc2cc([N+](=O)[O-])ccc21. The second-order valence-electron chi connectivity index (χ2n) is 8.30. The summed E-state index contributed by atoms with van der Waals surface area (Å²) in [6.07, 6.45) is 0.289. The number of nitrogens with zero attached hydrogens (tertiary/aromatic N) is 4. The molecule has 0 radical (unpaired) electrons. The van der Waals surface area contributed by atoms with Gasteiger partial charge in [0.05, 0.1) is 22.3 Å². The van der Waals surface area contributed by atoms with Gasteiger partial charge in [-0.1, -0.05) is 6.07 Å². The third-order valence-corrected chi connectivity index (χ3v) is 6.17. The molecule has 1 aromatic heterocycles. The Bertz CT molecular complexity index is 1370. The maximum absolute atomic E-state index is 15.7. The summed E-state index contributed by atoms with van der Waals surface area (Å²) in [5, 5.41) is 27.3. The molecule has 0 aliphatic carbocycles. The van der Waals surface area contributed by atoms with Crippen LogP contribution < -0.4 is 4.90 Å². The first-order chi connectivity index (χ1) is 15.8. The first-order valence-corrected chi connectivity index (χ1v) is 10.4. The van der Waals surface area contributed by atoms with Crippen molar-refractivity contribution >= 4 is 22.3 Å². The van der Waals surface area contributed by atoms with Crippen molar-refractivity contribution < 1.29 is 18.8 Å². The molecule has 7 nitrogen and oxygen atoms in total. The normalized spacial score (nSPS) is 15.9. The number of anilines is 1. The second-order valence-corrected chi connectivity index (χ2v) is 8.30. The van der Waals surface area contributed by atoms with Crippen molar-refractivity contribution in [3.05, 3.63) is 93.9 Å². The van der Waals surface area contributed by atoms with E-state index in [4.69, 9.17) is 0 Å². The number of fused-ring (bicyclic) bond motifs is 2. The predicted molar refractivity (Wildman–Crippen MR) is 120 cm³/mol. The van der Waals surface area contributed by atoms with Crippen LogP contribution in [-0.2, 0) is 12.0 Å². The molecule has 5 rings (SSSR count). The number of rotatable bonds is 5. The minimum atomic E-state index is -1.85. The molecule has 2 unspecified atom stereocenters. The van der Waals surface area contributed by atoms with Crippen LogP contribution in [0.15, 0.2) is 66.9 Å². The molecular formula is C24H20F2N4O3. The molecule has 1 N–H and O–H groups in total. The standard InChI is InChI=1S/C24H20F2N4O3/c1-24(31,23(26)28-11-10-15-13-20(30(32)33)7-9-21(15)28)17-2-8-22-16(12-17)14-27-29(22)19-5-3-18(25)4-6-19/h2-9,12-14,23,31H,10-11H2,1H3. The van der Waals surface area contributed by atoms with E-state index in [1.54, 1.807) is 41.2 Å². The topological polar surface area (TPSA) is 84.4 Å². The van der Waals surface area contributed by atoms with Gasteiger partial charge >= 0.3 is 0 Å². The quantitative estimate of drug-likeness (QED) is 0.272. The number of hydrogen-bond donors (Lipinski definition) is 1. The fraction of sp³-hybridized carbons (Fsp3) is 0.208. The van der Waals surface area contributed by atoms with E-state index >= 15 is 4.39 Å². The van der Waals surface area contributed by atoms with E-state index in [1.807, 2.05) is 0 Å². The maximum atomic E-state index is 15.7. The van der Waals surface area contributed by atoms with Gasteiger partial charge in [0.25, 0.3) is 5.69 Å². The van der Waals surface area contributed by atoms with Gasteiger partial charge in [-0.2, -0.15) is 5.10 Å². The van der Waals surface area contributed by atoms with Gasteiger partial charge in [-0.15, -0.1) is 0 Å². The van der Waals surface area contributed by atoms with Crippen molar-refractivity contribution in [2.75, 3.05) is 11.4 Å². The number of benzene rings is 3. The lowest BCUT2D eigenvalue weighted by molar-refractivity contribution is -0.384. The zero-order valence-electron chi connectivity index (χ0n) is 17.7. The summed E-state index contributed by atoms with van der Waals surface area (Å²) in [7, 11) is 0.